The number of hydrogen-bond acceptors (Lipinski definition) is 1. The topological polar surface area (TPSA) is 26.0 Å². The van der Waals surface area contributed by atoms with Crippen molar-refractivity contribution in [3.05, 3.63) is 0 Å². The van der Waals surface area contributed by atoms with Gasteiger partial charge in [0, 0.05) is 5.54 Å². The van der Waals surface area contributed by atoms with Crippen molar-refractivity contribution < 1.29 is 0 Å². The van der Waals surface area contributed by atoms with E-state index >= 15 is 0 Å². The summed E-state index contributed by atoms with van der Waals surface area (Å²) in [5.41, 5.74) is 6.80. The first-order valence-electron chi connectivity index (χ1n) is 7.92. The third-order valence-electron chi connectivity index (χ3n) is 4.92. The van der Waals surface area contributed by atoms with E-state index in [1.54, 1.807) is 0 Å². The predicted octanol–water partition coefficient (Wildman–Crippen LogP) is 4.89. The molecule has 17 heavy (non-hydrogen) atoms. The quantitative estimate of drug-likeness (QED) is 0.672. The molecule has 1 fully saturated rings. The second-order valence-electron chi connectivity index (χ2n) is 6.33. The third-order valence-corrected chi connectivity index (χ3v) is 4.92. The van der Waals surface area contributed by atoms with Gasteiger partial charge >= 0.3 is 0 Å². The van der Waals surface area contributed by atoms with E-state index in [9.17, 15) is 0 Å². The Morgan fingerprint density at radius 3 is 2.29 bits per heavy atom. The van der Waals surface area contributed by atoms with Crippen LogP contribution in [0.2, 0.25) is 0 Å². The van der Waals surface area contributed by atoms with E-state index in [1.165, 1.54) is 64.2 Å². The van der Waals surface area contributed by atoms with Gasteiger partial charge in [0.15, 0.2) is 0 Å². The molecule has 1 atom stereocenters. The SMILES string of the molecule is CCCCC(CC)CC1(N)CCC(CC)CC1. The Bertz CT molecular complexity index is 192. The first-order chi connectivity index (χ1) is 8.13. The van der Waals surface area contributed by atoms with Crippen molar-refractivity contribution in [2.45, 2.75) is 90.5 Å². The maximum atomic E-state index is 6.62. The van der Waals surface area contributed by atoms with Crippen LogP contribution in [-0.4, -0.2) is 5.54 Å². The zero-order chi connectivity index (χ0) is 12.7. The molecule has 0 aromatic heterocycles. The van der Waals surface area contributed by atoms with Crippen LogP contribution < -0.4 is 5.73 Å². The normalized spacial score (nSPS) is 31.4. The Morgan fingerprint density at radius 2 is 1.82 bits per heavy atom. The fourth-order valence-corrected chi connectivity index (χ4v) is 3.38. The van der Waals surface area contributed by atoms with Gasteiger partial charge in [-0.2, -0.15) is 0 Å². The highest BCUT2D eigenvalue weighted by Gasteiger charge is 2.32. The Kier molecular flexibility index (Phi) is 6.54. The van der Waals surface area contributed by atoms with E-state index in [1.807, 2.05) is 0 Å². The fourth-order valence-electron chi connectivity index (χ4n) is 3.38. The molecule has 1 saturated carbocycles. The van der Waals surface area contributed by atoms with Gasteiger partial charge in [-0.15, -0.1) is 0 Å². The van der Waals surface area contributed by atoms with Crippen LogP contribution in [0.4, 0.5) is 0 Å². The van der Waals surface area contributed by atoms with Crippen molar-refractivity contribution in [1.29, 1.82) is 0 Å². The lowest BCUT2D eigenvalue weighted by molar-refractivity contribution is 0.186. The molecule has 0 spiro atoms. The van der Waals surface area contributed by atoms with Crippen LogP contribution in [0.5, 0.6) is 0 Å². The number of nitrogens with two attached hydrogens (primary N) is 1. The van der Waals surface area contributed by atoms with Gasteiger partial charge in [0.1, 0.15) is 0 Å². The molecule has 0 saturated heterocycles. The first kappa shape index (κ1) is 15.0. The van der Waals surface area contributed by atoms with Gasteiger partial charge in [0.25, 0.3) is 0 Å². The lowest BCUT2D eigenvalue weighted by Crippen LogP contribution is -2.44. The zero-order valence-corrected chi connectivity index (χ0v) is 12.3. The molecule has 0 radical (unpaired) electrons. The van der Waals surface area contributed by atoms with Crippen molar-refractivity contribution in [3.8, 4) is 0 Å². The van der Waals surface area contributed by atoms with Gasteiger partial charge in [-0.25, -0.2) is 0 Å². The van der Waals surface area contributed by atoms with E-state index in [0.29, 0.717) is 0 Å². The molecule has 1 nitrogen and oxygen atoms in total. The number of unbranched alkanes of at least 4 members (excludes halogenated alkanes) is 1. The number of rotatable bonds is 7. The van der Waals surface area contributed by atoms with Crippen LogP contribution in [0.25, 0.3) is 0 Å². The van der Waals surface area contributed by atoms with Gasteiger partial charge in [-0.05, 0) is 43.9 Å². The Morgan fingerprint density at radius 1 is 1.18 bits per heavy atom. The maximum Gasteiger partial charge on any atom is 0.0157 e. The van der Waals surface area contributed by atoms with Gasteiger partial charge in [-0.3, -0.25) is 0 Å². The van der Waals surface area contributed by atoms with Gasteiger partial charge < -0.3 is 5.73 Å². The summed E-state index contributed by atoms with van der Waals surface area (Å²) in [6.45, 7) is 6.95. The molecule has 1 heteroatoms. The van der Waals surface area contributed by atoms with Crippen LogP contribution in [0.15, 0.2) is 0 Å². The molecule has 0 bridgehead atoms. The summed E-state index contributed by atoms with van der Waals surface area (Å²) >= 11 is 0. The van der Waals surface area contributed by atoms with Crippen molar-refractivity contribution in [2.75, 3.05) is 0 Å². The summed E-state index contributed by atoms with van der Waals surface area (Å²) in [7, 11) is 0. The molecular formula is C16H33N. The molecule has 102 valence electrons. The molecule has 2 N–H and O–H groups in total. The third kappa shape index (κ3) is 4.99. The highest BCUT2D eigenvalue weighted by Crippen LogP contribution is 2.37. The van der Waals surface area contributed by atoms with E-state index in [0.717, 1.165) is 11.8 Å². The molecule has 1 aliphatic carbocycles. The lowest BCUT2D eigenvalue weighted by Gasteiger charge is -2.39. The molecule has 0 aliphatic heterocycles. The lowest BCUT2D eigenvalue weighted by atomic mass is 9.71. The molecule has 0 amide bonds. The molecule has 0 heterocycles. The van der Waals surface area contributed by atoms with Crippen LogP contribution in [0.3, 0.4) is 0 Å². The predicted molar refractivity (Wildman–Crippen MR) is 77.1 cm³/mol. The fraction of sp³-hybridized carbons (Fsp3) is 1.00. The van der Waals surface area contributed by atoms with Gasteiger partial charge in [0.2, 0.25) is 0 Å². The second-order valence-corrected chi connectivity index (χ2v) is 6.33. The van der Waals surface area contributed by atoms with Crippen molar-refractivity contribution in [3.63, 3.8) is 0 Å². The van der Waals surface area contributed by atoms with Crippen molar-refractivity contribution >= 4 is 0 Å². The minimum Gasteiger partial charge on any atom is -0.325 e. The van der Waals surface area contributed by atoms with E-state index in [2.05, 4.69) is 20.8 Å². The van der Waals surface area contributed by atoms with Gasteiger partial charge in [0.05, 0.1) is 0 Å². The van der Waals surface area contributed by atoms with E-state index in [-0.39, 0.29) is 5.54 Å². The minimum absolute atomic E-state index is 0.181. The van der Waals surface area contributed by atoms with Crippen LogP contribution in [-0.2, 0) is 0 Å². The number of hydrogen-bond donors (Lipinski definition) is 1. The minimum atomic E-state index is 0.181. The summed E-state index contributed by atoms with van der Waals surface area (Å²) in [4.78, 5) is 0. The van der Waals surface area contributed by atoms with Crippen LogP contribution in [0, 0.1) is 11.8 Å². The smallest absolute Gasteiger partial charge is 0.0157 e. The van der Waals surface area contributed by atoms with E-state index < -0.39 is 0 Å². The largest absolute Gasteiger partial charge is 0.325 e. The zero-order valence-electron chi connectivity index (χ0n) is 12.3. The average Bonchev–Trinajstić information content (AvgIpc) is 2.35. The second kappa shape index (κ2) is 7.41. The van der Waals surface area contributed by atoms with E-state index in [4.69, 9.17) is 5.73 Å². The summed E-state index contributed by atoms with van der Waals surface area (Å²) in [5.74, 6) is 1.83. The molecule has 0 aromatic rings. The Balaban J connectivity index is 2.37. The van der Waals surface area contributed by atoms with Crippen LogP contribution in [0.1, 0.15) is 85.0 Å². The average molecular weight is 239 g/mol. The molecule has 1 rings (SSSR count). The Hall–Kier alpha value is -0.0400. The summed E-state index contributed by atoms with van der Waals surface area (Å²) in [5, 5.41) is 0. The molecule has 1 unspecified atom stereocenters. The summed E-state index contributed by atoms with van der Waals surface area (Å²) in [6.07, 6.45) is 13.3. The highest BCUT2D eigenvalue weighted by molar-refractivity contribution is 4.91. The monoisotopic (exact) mass is 239 g/mol. The molecule has 1 aliphatic rings. The van der Waals surface area contributed by atoms with Crippen molar-refractivity contribution in [1.82, 2.24) is 0 Å². The maximum absolute atomic E-state index is 6.62. The van der Waals surface area contributed by atoms with Crippen molar-refractivity contribution in [2.24, 2.45) is 17.6 Å². The Labute approximate surface area is 109 Å². The van der Waals surface area contributed by atoms with Gasteiger partial charge in [-0.1, -0.05) is 52.9 Å². The highest BCUT2D eigenvalue weighted by atomic mass is 14.7. The van der Waals surface area contributed by atoms with Crippen LogP contribution >= 0.6 is 0 Å². The molecule has 0 aromatic carbocycles. The summed E-state index contributed by atoms with van der Waals surface area (Å²) < 4.78 is 0. The standard InChI is InChI=1S/C16H33N/c1-4-7-8-15(6-3)13-16(17)11-9-14(5-2)10-12-16/h14-15H,4-13,17H2,1-3H3. The summed E-state index contributed by atoms with van der Waals surface area (Å²) in [6, 6.07) is 0. The first-order valence-corrected chi connectivity index (χ1v) is 7.92. The molecular weight excluding hydrogens is 206 g/mol.